The van der Waals surface area contributed by atoms with E-state index in [1.807, 2.05) is 0 Å². The predicted molar refractivity (Wildman–Crippen MR) is 84.9 cm³/mol. The Morgan fingerprint density at radius 1 is 1.40 bits per heavy atom. The molecule has 0 aromatic carbocycles. The van der Waals surface area contributed by atoms with Crippen LogP contribution in [0.2, 0.25) is 0 Å². The third-order valence-corrected chi connectivity index (χ3v) is 4.63. The van der Waals surface area contributed by atoms with Gasteiger partial charge in [-0.1, -0.05) is 26.7 Å². The molecular formula is C17H31N3. The number of rotatable bonds is 6. The molecule has 1 N–H and O–H groups in total. The van der Waals surface area contributed by atoms with Gasteiger partial charge >= 0.3 is 0 Å². The van der Waals surface area contributed by atoms with Crippen molar-refractivity contribution >= 4 is 0 Å². The first kappa shape index (κ1) is 15.6. The lowest BCUT2D eigenvalue weighted by Crippen LogP contribution is -2.40. The molecule has 0 saturated heterocycles. The van der Waals surface area contributed by atoms with E-state index >= 15 is 0 Å². The van der Waals surface area contributed by atoms with Crippen LogP contribution in [-0.2, 0) is 6.42 Å². The molecule has 1 aromatic heterocycles. The highest BCUT2D eigenvalue weighted by Crippen LogP contribution is 2.31. The van der Waals surface area contributed by atoms with Crippen LogP contribution >= 0.6 is 0 Å². The van der Waals surface area contributed by atoms with Gasteiger partial charge in [-0.05, 0) is 51.1 Å². The number of hydrogen-bond acceptors (Lipinski definition) is 2. The Kier molecular flexibility index (Phi) is 5.64. The number of aromatic nitrogens is 2. The van der Waals surface area contributed by atoms with Gasteiger partial charge in [0.25, 0.3) is 0 Å². The second kappa shape index (κ2) is 7.26. The third kappa shape index (κ3) is 4.08. The fraction of sp³-hybridized carbons (Fsp3) is 0.824. The van der Waals surface area contributed by atoms with Crippen molar-refractivity contribution in [3.63, 3.8) is 0 Å². The summed E-state index contributed by atoms with van der Waals surface area (Å²) in [7, 11) is 0. The quantitative estimate of drug-likeness (QED) is 0.857. The van der Waals surface area contributed by atoms with E-state index in [9.17, 15) is 0 Å². The zero-order chi connectivity index (χ0) is 14.5. The summed E-state index contributed by atoms with van der Waals surface area (Å²) >= 11 is 0. The molecule has 1 heterocycles. The maximum atomic E-state index is 4.72. The molecule has 3 atom stereocenters. The minimum absolute atomic E-state index is 0.455. The lowest BCUT2D eigenvalue weighted by atomic mass is 9.77. The van der Waals surface area contributed by atoms with Gasteiger partial charge in [0.15, 0.2) is 0 Å². The van der Waals surface area contributed by atoms with Crippen LogP contribution < -0.4 is 5.32 Å². The summed E-state index contributed by atoms with van der Waals surface area (Å²) < 4.78 is 2.07. The maximum absolute atomic E-state index is 4.72. The standard InChI is InChI=1S/C17H31N3/c1-5-18-17(15-8-6-7-14(4)11-15)12-16-9-10-20(19-16)13(2)3/h9-10,13-15,17-18H,5-8,11-12H2,1-4H3. The van der Waals surface area contributed by atoms with Gasteiger partial charge in [0.2, 0.25) is 0 Å². The van der Waals surface area contributed by atoms with Gasteiger partial charge in [0.1, 0.15) is 0 Å². The molecule has 0 amide bonds. The van der Waals surface area contributed by atoms with Gasteiger partial charge in [-0.3, -0.25) is 4.68 Å². The molecule has 1 saturated carbocycles. The molecule has 2 rings (SSSR count). The number of hydrogen-bond donors (Lipinski definition) is 1. The Morgan fingerprint density at radius 2 is 2.20 bits per heavy atom. The Bertz CT molecular complexity index is 397. The minimum Gasteiger partial charge on any atom is -0.314 e. The molecule has 1 aliphatic carbocycles. The molecule has 114 valence electrons. The van der Waals surface area contributed by atoms with Gasteiger partial charge in [-0.15, -0.1) is 0 Å². The number of likely N-dealkylation sites (N-methyl/N-ethyl adjacent to an activating group) is 1. The molecule has 1 fully saturated rings. The number of nitrogens with one attached hydrogen (secondary N) is 1. The van der Waals surface area contributed by atoms with Gasteiger partial charge in [-0.2, -0.15) is 5.10 Å². The first-order valence-corrected chi connectivity index (χ1v) is 8.37. The second-order valence-electron chi connectivity index (χ2n) is 6.78. The summed E-state index contributed by atoms with van der Waals surface area (Å²) in [5.41, 5.74) is 1.24. The normalized spacial score (nSPS) is 25.1. The summed E-state index contributed by atoms with van der Waals surface area (Å²) in [6, 6.07) is 3.24. The zero-order valence-corrected chi connectivity index (χ0v) is 13.6. The molecule has 0 bridgehead atoms. The molecule has 3 unspecified atom stereocenters. The van der Waals surface area contributed by atoms with Gasteiger partial charge in [0, 0.05) is 24.7 Å². The Balaban J connectivity index is 2.00. The van der Waals surface area contributed by atoms with E-state index < -0.39 is 0 Å². The first-order chi connectivity index (χ1) is 9.60. The van der Waals surface area contributed by atoms with Crippen molar-refractivity contribution in [1.29, 1.82) is 0 Å². The van der Waals surface area contributed by atoms with E-state index in [0.717, 1.165) is 24.8 Å². The molecule has 1 aromatic rings. The molecule has 0 aliphatic heterocycles. The van der Waals surface area contributed by atoms with Crippen LogP contribution in [0.5, 0.6) is 0 Å². The highest BCUT2D eigenvalue weighted by atomic mass is 15.3. The smallest absolute Gasteiger partial charge is 0.0640 e. The fourth-order valence-electron chi connectivity index (χ4n) is 3.51. The van der Waals surface area contributed by atoms with Crippen LogP contribution in [0.1, 0.15) is 65.1 Å². The van der Waals surface area contributed by atoms with Crippen molar-refractivity contribution in [2.75, 3.05) is 6.54 Å². The van der Waals surface area contributed by atoms with Crippen molar-refractivity contribution in [2.24, 2.45) is 11.8 Å². The van der Waals surface area contributed by atoms with E-state index in [4.69, 9.17) is 5.10 Å². The van der Waals surface area contributed by atoms with Crippen LogP contribution in [0.15, 0.2) is 12.3 Å². The monoisotopic (exact) mass is 277 g/mol. The molecule has 3 nitrogen and oxygen atoms in total. The van der Waals surface area contributed by atoms with Crippen LogP contribution in [0.25, 0.3) is 0 Å². The molecule has 0 spiro atoms. The van der Waals surface area contributed by atoms with Crippen molar-refractivity contribution < 1.29 is 0 Å². The minimum atomic E-state index is 0.455. The fourth-order valence-corrected chi connectivity index (χ4v) is 3.51. The van der Waals surface area contributed by atoms with Crippen LogP contribution in [-0.4, -0.2) is 22.4 Å². The van der Waals surface area contributed by atoms with Gasteiger partial charge in [0.05, 0.1) is 5.69 Å². The highest BCUT2D eigenvalue weighted by molar-refractivity contribution is 5.03. The lowest BCUT2D eigenvalue weighted by molar-refractivity contribution is 0.221. The Labute approximate surface area is 124 Å². The predicted octanol–water partition coefficient (Wildman–Crippen LogP) is 3.81. The zero-order valence-electron chi connectivity index (χ0n) is 13.6. The van der Waals surface area contributed by atoms with Crippen LogP contribution in [0.3, 0.4) is 0 Å². The SMILES string of the molecule is CCNC(Cc1ccn(C(C)C)n1)C1CCCC(C)C1. The van der Waals surface area contributed by atoms with Crippen molar-refractivity contribution in [2.45, 2.75) is 71.9 Å². The summed E-state index contributed by atoms with van der Waals surface area (Å²) in [6.45, 7) is 10.0. The third-order valence-electron chi connectivity index (χ3n) is 4.63. The van der Waals surface area contributed by atoms with E-state index in [1.54, 1.807) is 0 Å². The van der Waals surface area contributed by atoms with Crippen molar-refractivity contribution in [3.8, 4) is 0 Å². The highest BCUT2D eigenvalue weighted by Gasteiger charge is 2.26. The van der Waals surface area contributed by atoms with E-state index in [0.29, 0.717) is 12.1 Å². The Hall–Kier alpha value is -0.830. The topological polar surface area (TPSA) is 29.9 Å². The Morgan fingerprint density at radius 3 is 2.80 bits per heavy atom. The van der Waals surface area contributed by atoms with Crippen LogP contribution in [0.4, 0.5) is 0 Å². The molecule has 1 aliphatic rings. The molecular weight excluding hydrogens is 246 g/mol. The van der Waals surface area contributed by atoms with Gasteiger partial charge in [-0.25, -0.2) is 0 Å². The molecule has 3 heteroatoms. The van der Waals surface area contributed by atoms with Crippen molar-refractivity contribution in [1.82, 2.24) is 15.1 Å². The maximum Gasteiger partial charge on any atom is 0.0640 e. The van der Waals surface area contributed by atoms with E-state index in [2.05, 4.69) is 50.0 Å². The first-order valence-electron chi connectivity index (χ1n) is 8.37. The van der Waals surface area contributed by atoms with Crippen molar-refractivity contribution in [3.05, 3.63) is 18.0 Å². The largest absolute Gasteiger partial charge is 0.314 e. The van der Waals surface area contributed by atoms with Crippen LogP contribution in [0, 0.1) is 11.8 Å². The second-order valence-corrected chi connectivity index (χ2v) is 6.78. The molecule has 20 heavy (non-hydrogen) atoms. The average Bonchev–Trinajstić information content (AvgIpc) is 2.87. The number of nitrogens with zero attached hydrogens (tertiary/aromatic N) is 2. The van der Waals surface area contributed by atoms with E-state index in [1.165, 1.54) is 31.4 Å². The summed E-state index contributed by atoms with van der Waals surface area (Å²) in [4.78, 5) is 0. The van der Waals surface area contributed by atoms with E-state index in [-0.39, 0.29) is 0 Å². The summed E-state index contributed by atoms with van der Waals surface area (Å²) in [5, 5.41) is 8.43. The summed E-state index contributed by atoms with van der Waals surface area (Å²) in [5.74, 6) is 1.71. The summed E-state index contributed by atoms with van der Waals surface area (Å²) in [6.07, 6.45) is 8.76. The molecule has 0 radical (unpaired) electrons. The lowest BCUT2D eigenvalue weighted by Gasteiger charge is -2.33. The van der Waals surface area contributed by atoms with Gasteiger partial charge < -0.3 is 5.32 Å². The average molecular weight is 277 g/mol.